The Morgan fingerprint density at radius 3 is 1.35 bits per heavy atom. The second-order valence-corrected chi connectivity index (χ2v) is 33.1. The van der Waals surface area contributed by atoms with E-state index in [1.807, 2.05) is 122 Å². The second-order valence-electron chi connectivity index (χ2n) is 33.1. The van der Waals surface area contributed by atoms with Gasteiger partial charge in [0.2, 0.25) is 35.4 Å². The van der Waals surface area contributed by atoms with Crippen LogP contribution < -0.4 is 19.3 Å². The van der Waals surface area contributed by atoms with E-state index in [1.165, 1.54) is 11.1 Å². The van der Waals surface area contributed by atoms with Crippen LogP contribution in [0.25, 0.3) is 56.1 Å². The molecule has 4 fully saturated rings. The summed E-state index contributed by atoms with van der Waals surface area (Å²) in [5, 5.41) is 15.3. The predicted octanol–water partition coefficient (Wildman–Crippen LogP) is 14.0. The zero-order chi connectivity index (χ0) is 81.5. The zero-order valence-electron chi connectivity index (χ0n) is 68.2. The first-order chi connectivity index (χ1) is 57.9. The molecular formula is C96H97N17O6. The molecule has 0 saturated carbocycles. The normalized spacial score (nSPS) is 18.8. The SMILES string of the molecule is CC(C)Oc1ccc(-c2nn(C(c3ccccc3)(c3ccccc3)c3ccccc3)c3ccc(N4CC[C@]5(CCN(CC(=O)N6CC=C(c7ccc(-c8ncn(C)n8)cc7)CC6)C5)C4=O)cc23)cn1.CC(C)Oc1ccc(C2=NCc3ccc(N4CC[C@]5(CCN(CC(=O)N6CC=C(c7ccc(-c8ncn(C)n8)cc7)CC6)C5)C4=O)cc32)cn1. The molecule has 5 aromatic heterocycles. The lowest BCUT2D eigenvalue weighted by Gasteiger charge is -2.37. The number of aryl methyl sites for hydroxylation is 2. The Morgan fingerprint density at radius 1 is 0.471 bits per heavy atom. The number of fused-ring (bicyclic) bond motifs is 2. The highest BCUT2D eigenvalue weighted by atomic mass is 16.5. The summed E-state index contributed by atoms with van der Waals surface area (Å²) >= 11 is 0. The molecule has 4 amide bonds. The molecule has 23 heteroatoms. The maximum atomic E-state index is 14.8. The Labute approximate surface area is 693 Å². The topological polar surface area (TPSA) is 224 Å². The molecule has 0 radical (unpaired) electrons. The molecule has 7 aliphatic rings. The third kappa shape index (κ3) is 15.3. The number of hydrogen-bond donors (Lipinski definition) is 0. The van der Waals surface area contributed by atoms with Crippen molar-refractivity contribution in [1.29, 1.82) is 0 Å². The van der Waals surface area contributed by atoms with Gasteiger partial charge >= 0.3 is 0 Å². The average molecular weight is 1580 g/mol. The third-order valence-corrected chi connectivity index (χ3v) is 24.6. The van der Waals surface area contributed by atoms with Gasteiger partial charge in [0.1, 0.15) is 23.9 Å². The first kappa shape index (κ1) is 77.4. The molecule has 602 valence electrons. The molecule has 2 spiro atoms. The van der Waals surface area contributed by atoms with E-state index in [-0.39, 0.29) is 35.8 Å². The summed E-state index contributed by atoms with van der Waals surface area (Å²) in [6, 6.07) is 68.7. The number of carbonyl (C=O) groups excluding carboxylic acids is 4. The molecule has 23 nitrogen and oxygen atoms in total. The highest BCUT2D eigenvalue weighted by molar-refractivity contribution is 6.16. The fourth-order valence-electron chi connectivity index (χ4n) is 18.5. The quantitative estimate of drug-likeness (QED) is 0.0647. The van der Waals surface area contributed by atoms with Crippen molar-refractivity contribution in [1.82, 2.24) is 68.9 Å². The van der Waals surface area contributed by atoms with E-state index in [1.54, 1.807) is 22.0 Å². The van der Waals surface area contributed by atoms with Crippen molar-refractivity contribution in [2.45, 2.75) is 90.5 Å². The van der Waals surface area contributed by atoms with Gasteiger partial charge in [0.15, 0.2) is 11.6 Å². The Hall–Kier alpha value is -12.9. The maximum Gasteiger partial charge on any atom is 0.237 e. The molecule has 19 rings (SSSR count). The first-order valence-corrected chi connectivity index (χ1v) is 41.5. The van der Waals surface area contributed by atoms with Crippen molar-refractivity contribution in [3.05, 3.63) is 282 Å². The number of pyridine rings is 2. The van der Waals surface area contributed by atoms with Gasteiger partial charge in [-0.2, -0.15) is 15.3 Å². The third-order valence-electron chi connectivity index (χ3n) is 24.6. The van der Waals surface area contributed by atoms with Gasteiger partial charge in [-0.05, 0) is 166 Å². The van der Waals surface area contributed by atoms with Crippen LogP contribution in [0.3, 0.4) is 0 Å². The summed E-state index contributed by atoms with van der Waals surface area (Å²) in [6.07, 6.45) is 16.0. The number of hydrogen-bond acceptors (Lipinski definition) is 16. The standard InChI is InChI=1S/C57H55N9O3.C39H42N8O3/c1-40(2)69-51-26-23-44(36-58-51)53-49-35-48(24-25-50(49)66(60-53)57(45-13-7-4-8-14-45,46-15-9-5-10-16-46)47-17-11-6-12-18-47)65-34-30-56(55(65)68)29-33-63(38-56)37-52(67)64-31-27-42(28-32-64)41-19-21-43(22-20-41)54-59-39-62(3)61-54;1-26(2)50-34-11-9-31(22-40-34)36-33-20-32(10-8-30(33)21-41-36)47-19-15-39(38(47)49)14-18-45(24-39)23-35(48)46-16-12-28(13-17-46)27-4-6-29(7-5-27)37-42-25-44(3)43-37/h4-27,35-36,39-40H,28-34,37-38H2,1-3H3;4-12,20,22,25-26H,13-19,21,23-24H2,1-3H3/t56-;39-/m00/s1. The lowest BCUT2D eigenvalue weighted by Crippen LogP contribution is -2.43. The lowest BCUT2D eigenvalue weighted by atomic mass is 9.77. The van der Waals surface area contributed by atoms with Crippen molar-refractivity contribution >= 4 is 62.8 Å². The zero-order valence-corrected chi connectivity index (χ0v) is 68.2. The van der Waals surface area contributed by atoms with Crippen LogP contribution in [0.4, 0.5) is 11.4 Å². The number of carbonyl (C=O) groups is 4. The number of ether oxygens (including phenoxy) is 2. The number of amides is 4. The fourth-order valence-corrected chi connectivity index (χ4v) is 18.5. The number of likely N-dealkylation sites (tertiary alicyclic amines) is 2. The van der Waals surface area contributed by atoms with Crippen LogP contribution in [0, 0.1) is 10.8 Å². The maximum absolute atomic E-state index is 14.8. The van der Waals surface area contributed by atoms with Gasteiger partial charge in [-0.15, -0.1) is 0 Å². The summed E-state index contributed by atoms with van der Waals surface area (Å²) in [7, 11) is 3.72. The molecule has 0 N–H and O–H groups in total. The minimum Gasteiger partial charge on any atom is -0.475 e. The van der Waals surface area contributed by atoms with E-state index < -0.39 is 16.4 Å². The summed E-state index contributed by atoms with van der Waals surface area (Å²) in [5.41, 5.74) is 16.3. The average Bonchev–Trinajstić information content (AvgIpc) is 1.61. The smallest absolute Gasteiger partial charge is 0.237 e. The monoisotopic (exact) mass is 1580 g/mol. The summed E-state index contributed by atoms with van der Waals surface area (Å²) < 4.78 is 17.2. The Bertz CT molecular complexity index is 5770. The molecule has 2 atom stereocenters. The molecule has 119 heavy (non-hydrogen) atoms. The van der Waals surface area contributed by atoms with Crippen LogP contribution in [0.1, 0.15) is 111 Å². The van der Waals surface area contributed by atoms with Crippen molar-refractivity contribution in [2.24, 2.45) is 29.9 Å². The number of rotatable bonds is 20. The van der Waals surface area contributed by atoms with E-state index in [0.717, 1.165) is 140 Å². The van der Waals surface area contributed by atoms with E-state index >= 15 is 0 Å². The number of aromatic nitrogens is 10. The van der Waals surface area contributed by atoms with Crippen LogP contribution in [-0.2, 0) is 45.4 Å². The first-order valence-electron chi connectivity index (χ1n) is 41.5. The molecule has 12 heterocycles. The van der Waals surface area contributed by atoms with Crippen LogP contribution in [-0.4, -0.2) is 189 Å². The van der Waals surface area contributed by atoms with Gasteiger partial charge in [-0.1, -0.05) is 158 Å². The number of anilines is 2. The largest absolute Gasteiger partial charge is 0.475 e. The van der Waals surface area contributed by atoms with E-state index in [2.05, 4.69) is 203 Å². The van der Waals surface area contributed by atoms with E-state index in [9.17, 15) is 19.2 Å². The summed E-state index contributed by atoms with van der Waals surface area (Å²) in [6.45, 7) is 15.6. The Balaban J connectivity index is 0.000000172. The fraction of sp³-hybridized carbons (Fsp3) is 0.312. The number of benzene rings is 7. The van der Waals surface area contributed by atoms with Crippen LogP contribution in [0.2, 0.25) is 0 Å². The molecule has 4 saturated heterocycles. The highest BCUT2D eigenvalue weighted by Gasteiger charge is 2.53. The van der Waals surface area contributed by atoms with E-state index in [0.29, 0.717) is 102 Å². The molecular weight excluding hydrogens is 1490 g/mol. The van der Waals surface area contributed by atoms with Crippen molar-refractivity contribution < 1.29 is 28.7 Å². The summed E-state index contributed by atoms with van der Waals surface area (Å²) in [5.74, 6) is 3.06. The summed E-state index contributed by atoms with van der Waals surface area (Å²) in [4.78, 5) is 90.9. The Kier molecular flexibility index (Phi) is 21.2. The number of aliphatic imine (C=N–C) groups is 1. The highest BCUT2D eigenvalue weighted by Crippen LogP contribution is 2.49. The van der Waals surface area contributed by atoms with Crippen molar-refractivity contribution in [3.8, 4) is 45.8 Å². The second kappa shape index (κ2) is 32.6. The van der Waals surface area contributed by atoms with Gasteiger partial charge in [0.05, 0.1) is 53.9 Å². The van der Waals surface area contributed by atoms with Gasteiger partial charge in [0.25, 0.3) is 0 Å². The molecule has 7 aromatic carbocycles. The minimum absolute atomic E-state index is 0.0175. The molecule has 7 aliphatic heterocycles. The molecule has 12 aromatic rings. The lowest BCUT2D eigenvalue weighted by molar-refractivity contribution is -0.133. The predicted molar refractivity (Wildman–Crippen MR) is 461 cm³/mol. The molecule has 0 unspecified atom stereocenters. The van der Waals surface area contributed by atoms with Gasteiger partial charge in [-0.25, -0.2) is 24.6 Å². The van der Waals surface area contributed by atoms with Gasteiger partial charge in [-0.3, -0.25) is 43.3 Å². The van der Waals surface area contributed by atoms with Crippen LogP contribution >= 0.6 is 0 Å². The molecule has 0 aliphatic carbocycles. The van der Waals surface area contributed by atoms with Crippen LogP contribution in [0.15, 0.2) is 242 Å². The van der Waals surface area contributed by atoms with Crippen molar-refractivity contribution in [3.63, 3.8) is 0 Å². The van der Waals surface area contributed by atoms with Crippen molar-refractivity contribution in [2.75, 3.05) is 88.3 Å². The molecule has 0 bridgehead atoms. The van der Waals surface area contributed by atoms with Gasteiger partial charge in [0, 0.05) is 136 Å². The van der Waals surface area contributed by atoms with Crippen LogP contribution in [0.5, 0.6) is 11.8 Å². The number of nitrogens with zero attached hydrogens (tertiary/aromatic N) is 17. The van der Waals surface area contributed by atoms with Gasteiger partial charge < -0.3 is 29.1 Å². The van der Waals surface area contributed by atoms with E-state index in [4.69, 9.17) is 24.5 Å². The minimum atomic E-state index is -0.869. The Morgan fingerprint density at radius 2 is 0.916 bits per heavy atom.